The largest absolute Gasteiger partial charge is 0.479 e. The first-order valence-electron chi connectivity index (χ1n) is 4.91. The van der Waals surface area contributed by atoms with Crippen molar-refractivity contribution in [2.24, 2.45) is 0 Å². The van der Waals surface area contributed by atoms with Gasteiger partial charge in [0, 0.05) is 11.6 Å². The van der Waals surface area contributed by atoms with Gasteiger partial charge in [0.2, 0.25) is 0 Å². The lowest BCUT2D eigenvalue weighted by Crippen LogP contribution is -2.23. The average Bonchev–Trinajstić information content (AvgIpc) is 2.29. The van der Waals surface area contributed by atoms with Crippen molar-refractivity contribution in [3.8, 4) is 5.75 Å². The van der Waals surface area contributed by atoms with Gasteiger partial charge in [-0.15, -0.1) is 0 Å². The molecule has 0 saturated carbocycles. The molecule has 0 spiro atoms. The number of aromatic nitrogens is 1. The molecule has 1 atom stereocenters. The van der Waals surface area contributed by atoms with E-state index in [1.807, 2.05) is 24.3 Å². The Morgan fingerprint density at radius 2 is 2.12 bits per heavy atom. The first-order valence-corrected chi connectivity index (χ1v) is 4.91. The van der Waals surface area contributed by atoms with Crippen LogP contribution in [-0.4, -0.2) is 22.2 Å². The summed E-state index contributed by atoms with van der Waals surface area (Å²) in [6, 6.07) is 9.16. The van der Waals surface area contributed by atoms with Crippen molar-refractivity contribution >= 4 is 16.9 Å². The maximum Gasteiger partial charge on any atom is 0.344 e. The number of para-hydroxylation sites is 1. The first-order chi connectivity index (χ1) is 7.68. The molecule has 4 heteroatoms. The van der Waals surface area contributed by atoms with E-state index in [0.717, 1.165) is 5.39 Å². The smallest absolute Gasteiger partial charge is 0.344 e. The first kappa shape index (κ1) is 10.4. The number of carboxylic acids is 1. The van der Waals surface area contributed by atoms with Crippen LogP contribution >= 0.6 is 0 Å². The molecule has 0 saturated heterocycles. The third-order valence-corrected chi connectivity index (χ3v) is 2.25. The quantitative estimate of drug-likeness (QED) is 0.855. The van der Waals surface area contributed by atoms with Crippen molar-refractivity contribution < 1.29 is 14.6 Å². The topological polar surface area (TPSA) is 59.4 Å². The van der Waals surface area contributed by atoms with E-state index >= 15 is 0 Å². The SMILES string of the molecule is C[C@@H](Oc1cccc2cccnc12)C(=O)O. The van der Waals surface area contributed by atoms with E-state index < -0.39 is 12.1 Å². The van der Waals surface area contributed by atoms with Gasteiger partial charge in [-0.05, 0) is 19.1 Å². The van der Waals surface area contributed by atoms with Crippen molar-refractivity contribution in [3.63, 3.8) is 0 Å². The molecular weight excluding hydrogens is 206 g/mol. The second-order valence-corrected chi connectivity index (χ2v) is 3.43. The van der Waals surface area contributed by atoms with Crippen LogP contribution in [0.15, 0.2) is 36.5 Å². The maximum atomic E-state index is 10.7. The van der Waals surface area contributed by atoms with Crippen molar-refractivity contribution in [3.05, 3.63) is 36.5 Å². The highest BCUT2D eigenvalue weighted by molar-refractivity contribution is 5.84. The second-order valence-electron chi connectivity index (χ2n) is 3.43. The van der Waals surface area contributed by atoms with E-state index in [9.17, 15) is 4.79 Å². The molecule has 0 amide bonds. The minimum absolute atomic E-state index is 0.494. The maximum absolute atomic E-state index is 10.7. The normalized spacial score (nSPS) is 12.3. The van der Waals surface area contributed by atoms with Crippen LogP contribution in [0.3, 0.4) is 0 Å². The van der Waals surface area contributed by atoms with Crippen LogP contribution < -0.4 is 4.74 Å². The van der Waals surface area contributed by atoms with Crippen molar-refractivity contribution in [2.45, 2.75) is 13.0 Å². The zero-order valence-corrected chi connectivity index (χ0v) is 8.75. The third kappa shape index (κ3) is 1.95. The summed E-state index contributed by atoms with van der Waals surface area (Å²) in [6.45, 7) is 1.49. The van der Waals surface area contributed by atoms with Gasteiger partial charge in [0.15, 0.2) is 6.10 Å². The minimum Gasteiger partial charge on any atom is -0.479 e. The van der Waals surface area contributed by atoms with Gasteiger partial charge in [-0.25, -0.2) is 4.79 Å². The Morgan fingerprint density at radius 3 is 2.88 bits per heavy atom. The Hall–Kier alpha value is -2.10. The molecule has 1 heterocycles. The highest BCUT2D eigenvalue weighted by atomic mass is 16.5. The lowest BCUT2D eigenvalue weighted by atomic mass is 10.2. The lowest BCUT2D eigenvalue weighted by molar-refractivity contribution is -0.144. The van der Waals surface area contributed by atoms with E-state index in [1.165, 1.54) is 6.92 Å². The van der Waals surface area contributed by atoms with E-state index in [4.69, 9.17) is 9.84 Å². The van der Waals surface area contributed by atoms with Crippen LogP contribution in [0.5, 0.6) is 5.75 Å². The molecule has 16 heavy (non-hydrogen) atoms. The summed E-state index contributed by atoms with van der Waals surface area (Å²) >= 11 is 0. The molecule has 2 rings (SSSR count). The molecule has 0 bridgehead atoms. The summed E-state index contributed by atoms with van der Waals surface area (Å²) in [5, 5.41) is 9.70. The molecule has 82 valence electrons. The van der Waals surface area contributed by atoms with E-state index in [1.54, 1.807) is 12.3 Å². The number of carboxylic acid groups (broad SMARTS) is 1. The zero-order valence-electron chi connectivity index (χ0n) is 8.75. The standard InChI is InChI=1S/C12H11NO3/c1-8(12(14)15)16-10-6-2-4-9-5-3-7-13-11(9)10/h2-8H,1H3,(H,14,15)/t8-/m1/s1. The predicted octanol–water partition coefficient (Wildman–Crippen LogP) is 2.09. The monoisotopic (exact) mass is 217 g/mol. The summed E-state index contributed by atoms with van der Waals surface area (Å²) < 4.78 is 5.33. The average molecular weight is 217 g/mol. The van der Waals surface area contributed by atoms with Crippen LogP contribution in [0.4, 0.5) is 0 Å². The number of rotatable bonds is 3. The molecule has 0 unspecified atom stereocenters. The number of pyridine rings is 1. The molecule has 0 aliphatic carbocycles. The van der Waals surface area contributed by atoms with Crippen molar-refractivity contribution in [1.82, 2.24) is 4.98 Å². The third-order valence-electron chi connectivity index (χ3n) is 2.25. The lowest BCUT2D eigenvalue weighted by Gasteiger charge is -2.11. The number of carbonyl (C=O) groups is 1. The molecule has 0 aliphatic rings. The Balaban J connectivity index is 2.41. The van der Waals surface area contributed by atoms with Gasteiger partial charge < -0.3 is 9.84 Å². The number of benzene rings is 1. The van der Waals surface area contributed by atoms with Crippen molar-refractivity contribution in [2.75, 3.05) is 0 Å². The number of hydrogen-bond donors (Lipinski definition) is 1. The van der Waals surface area contributed by atoms with Gasteiger partial charge in [0.05, 0.1) is 0 Å². The second kappa shape index (κ2) is 4.18. The molecule has 0 radical (unpaired) electrons. The summed E-state index contributed by atoms with van der Waals surface area (Å²) in [7, 11) is 0. The number of ether oxygens (including phenoxy) is 1. The fraction of sp³-hybridized carbons (Fsp3) is 0.167. The van der Waals surface area contributed by atoms with Gasteiger partial charge in [-0.3, -0.25) is 4.98 Å². The van der Waals surface area contributed by atoms with Gasteiger partial charge in [0.25, 0.3) is 0 Å². The Labute approximate surface area is 92.5 Å². The van der Waals surface area contributed by atoms with Crippen molar-refractivity contribution in [1.29, 1.82) is 0 Å². The highest BCUT2D eigenvalue weighted by Gasteiger charge is 2.14. The van der Waals surface area contributed by atoms with Gasteiger partial charge in [0.1, 0.15) is 11.3 Å². The Morgan fingerprint density at radius 1 is 1.38 bits per heavy atom. The molecule has 2 aromatic rings. The molecule has 1 aromatic heterocycles. The number of hydrogen-bond acceptors (Lipinski definition) is 3. The minimum atomic E-state index is -0.993. The molecular formula is C12H11NO3. The van der Waals surface area contributed by atoms with Gasteiger partial charge >= 0.3 is 5.97 Å². The van der Waals surface area contributed by atoms with Crippen LogP contribution in [0, 0.1) is 0 Å². The van der Waals surface area contributed by atoms with Crippen LogP contribution in [0.2, 0.25) is 0 Å². The molecule has 1 aromatic carbocycles. The summed E-state index contributed by atoms with van der Waals surface area (Å²) in [6.07, 6.45) is 0.772. The molecule has 0 fully saturated rings. The van der Waals surface area contributed by atoms with Crippen LogP contribution in [0.1, 0.15) is 6.92 Å². The van der Waals surface area contributed by atoms with E-state index in [-0.39, 0.29) is 0 Å². The molecule has 4 nitrogen and oxygen atoms in total. The fourth-order valence-electron chi connectivity index (χ4n) is 1.41. The number of aliphatic carboxylic acids is 1. The van der Waals surface area contributed by atoms with E-state index in [0.29, 0.717) is 11.3 Å². The highest BCUT2D eigenvalue weighted by Crippen LogP contribution is 2.23. The Bertz CT molecular complexity index is 519. The van der Waals surface area contributed by atoms with E-state index in [2.05, 4.69) is 4.98 Å². The summed E-state index contributed by atoms with van der Waals surface area (Å²) in [5.74, 6) is -0.499. The number of fused-ring (bicyclic) bond motifs is 1. The number of nitrogens with zero attached hydrogens (tertiary/aromatic N) is 1. The Kier molecular flexibility index (Phi) is 2.72. The fourth-order valence-corrected chi connectivity index (χ4v) is 1.41. The van der Waals surface area contributed by atoms with Crippen LogP contribution in [0.25, 0.3) is 10.9 Å². The summed E-state index contributed by atoms with van der Waals surface area (Å²) in [4.78, 5) is 14.9. The van der Waals surface area contributed by atoms with Gasteiger partial charge in [-0.2, -0.15) is 0 Å². The zero-order chi connectivity index (χ0) is 11.5. The molecule has 0 aliphatic heterocycles. The van der Waals surface area contributed by atoms with Gasteiger partial charge in [-0.1, -0.05) is 18.2 Å². The predicted molar refractivity (Wildman–Crippen MR) is 59.5 cm³/mol. The van der Waals surface area contributed by atoms with Crippen LogP contribution in [-0.2, 0) is 4.79 Å². The molecule has 1 N–H and O–H groups in total. The summed E-state index contributed by atoms with van der Waals surface area (Å²) in [5.41, 5.74) is 0.679.